The second kappa shape index (κ2) is 3.76. The first-order chi connectivity index (χ1) is 7.18. The van der Waals surface area contributed by atoms with Gasteiger partial charge in [0.05, 0.1) is 6.20 Å². The van der Waals surface area contributed by atoms with Crippen molar-refractivity contribution in [3.63, 3.8) is 0 Å². The Kier molecular flexibility index (Phi) is 2.45. The summed E-state index contributed by atoms with van der Waals surface area (Å²) in [6.45, 7) is 3.50. The highest BCUT2D eigenvalue weighted by molar-refractivity contribution is 5.98. The van der Waals surface area contributed by atoms with Crippen LogP contribution in [0.25, 0.3) is 0 Å². The molecule has 2 heterocycles. The molecule has 0 fully saturated rings. The number of H-pyrrole nitrogens is 1. The zero-order valence-corrected chi connectivity index (χ0v) is 8.66. The third-order valence-corrected chi connectivity index (χ3v) is 2.62. The second-order valence-corrected chi connectivity index (χ2v) is 3.75. The van der Waals surface area contributed by atoms with Crippen LogP contribution in [0.5, 0.6) is 0 Å². The molecule has 1 aromatic heterocycles. The predicted molar refractivity (Wildman–Crippen MR) is 57.3 cm³/mol. The topological polar surface area (TPSA) is 75.0 Å². The molecule has 15 heavy (non-hydrogen) atoms. The molecule has 1 aliphatic rings. The van der Waals surface area contributed by atoms with E-state index >= 15 is 0 Å². The second-order valence-electron chi connectivity index (χ2n) is 3.75. The van der Waals surface area contributed by atoms with E-state index < -0.39 is 0 Å². The first kappa shape index (κ1) is 9.76. The van der Waals surface area contributed by atoms with E-state index in [1.165, 1.54) is 11.8 Å². The number of amides is 1. The molecule has 0 aliphatic carbocycles. The number of hydrogen-bond acceptors (Lipinski definition) is 3. The van der Waals surface area contributed by atoms with Crippen LogP contribution in [0.1, 0.15) is 23.7 Å². The largest absolute Gasteiger partial charge is 0.383 e. The fourth-order valence-corrected chi connectivity index (χ4v) is 1.59. The number of carbonyl (C=O) groups excluding carboxylic acids is 1. The molecule has 0 radical (unpaired) electrons. The van der Waals surface area contributed by atoms with Gasteiger partial charge in [-0.1, -0.05) is 11.6 Å². The van der Waals surface area contributed by atoms with E-state index in [9.17, 15) is 4.79 Å². The number of nitrogens with two attached hydrogens (primary N) is 1. The maximum Gasteiger partial charge on any atom is 0.259 e. The Morgan fingerprint density at radius 2 is 2.47 bits per heavy atom. The van der Waals surface area contributed by atoms with Gasteiger partial charge in [0.2, 0.25) is 0 Å². The van der Waals surface area contributed by atoms with Gasteiger partial charge in [-0.25, -0.2) is 0 Å². The van der Waals surface area contributed by atoms with Crippen LogP contribution in [-0.2, 0) is 0 Å². The van der Waals surface area contributed by atoms with Crippen molar-refractivity contribution in [1.82, 2.24) is 15.1 Å². The van der Waals surface area contributed by atoms with Gasteiger partial charge in [-0.05, 0) is 13.3 Å². The van der Waals surface area contributed by atoms with E-state index in [0.29, 0.717) is 17.9 Å². The molecule has 1 aromatic rings. The van der Waals surface area contributed by atoms with Gasteiger partial charge >= 0.3 is 0 Å². The van der Waals surface area contributed by atoms with Crippen molar-refractivity contribution in [3.05, 3.63) is 23.4 Å². The summed E-state index contributed by atoms with van der Waals surface area (Å²) >= 11 is 0. The highest BCUT2D eigenvalue weighted by atomic mass is 16.2. The Balaban J connectivity index is 2.13. The van der Waals surface area contributed by atoms with Gasteiger partial charge in [0, 0.05) is 13.1 Å². The normalized spacial score (nSPS) is 16.3. The molecule has 0 saturated heterocycles. The number of hydrogen-bond donors (Lipinski definition) is 2. The van der Waals surface area contributed by atoms with Crippen molar-refractivity contribution in [2.45, 2.75) is 13.3 Å². The van der Waals surface area contributed by atoms with E-state index in [0.717, 1.165) is 13.0 Å². The van der Waals surface area contributed by atoms with Crippen molar-refractivity contribution < 1.29 is 4.79 Å². The molecule has 80 valence electrons. The van der Waals surface area contributed by atoms with Gasteiger partial charge in [0.25, 0.3) is 5.91 Å². The van der Waals surface area contributed by atoms with Crippen LogP contribution in [0.4, 0.5) is 5.82 Å². The highest BCUT2D eigenvalue weighted by Crippen LogP contribution is 2.15. The number of aromatic amines is 1. The summed E-state index contributed by atoms with van der Waals surface area (Å²) in [5.41, 5.74) is 7.39. The van der Waals surface area contributed by atoms with E-state index in [1.54, 1.807) is 4.90 Å². The molecule has 0 aromatic carbocycles. The Bertz CT molecular complexity index is 407. The molecule has 0 unspecified atom stereocenters. The van der Waals surface area contributed by atoms with Crippen LogP contribution in [0.3, 0.4) is 0 Å². The summed E-state index contributed by atoms with van der Waals surface area (Å²) in [5, 5.41) is 6.30. The maximum atomic E-state index is 11.9. The SMILES string of the molecule is CC1=CCN(C(=O)c2cn[nH]c2N)CC1. The Hall–Kier alpha value is -1.78. The van der Waals surface area contributed by atoms with Gasteiger partial charge in [-0.2, -0.15) is 5.10 Å². The van der Waals surface area contributed by atoms with Gasteiger partial charge in [0.1, 0.15) is 11.4 Å². The number of nitrogens with one attached hydrogen (secondary N) is 1. The lowest BCUT2D eigenvalue weighted by atomic mass is 10.1. The number of carbonyl (C=O) groups is 1. The zero-order chi connectivity index (χ0) is 10.8. The third-order valence-electron chi connectivity index (χ3n) is 2.62. The number of aromatic nitrogens is 2. The van der Waals surface area contributed by atoms with Crippen LogP contribution >= 0.6 is 0 Å². The van der Waals surface area contributed by atoms with Crippen LogP contribution in [0.15, 0.2) is 17.8 Å². The average Bonchev–Trinajstić information content (AvgIpc) is 2.65. The lowest BCUT2D eigenvalue weighted by Gasteiger charge is -2.25. The molecule has 3 N–H and O–H groups in total. The average molecular weight is 206 g/mol. The summed E-state index contributed by atoms with van der Waals surface area (Å²) in [7, 11) is 0. The zero-order valence-electron chi connectivity index (χ0n) is 8.66. The van der Waals surface area contributed by atoms with Crippen molar-refractivity contribution in [2.75, 3.05) is 18.8 Å². The molecular weight excluding hydrogens is 192 g/mol. The molecule has 2 rings (SSSR count). The van der Waals surface area contributed by atoms with Gasteiger partial charge in [-0.3, -0.25) is 9.89 Å². The smallest absolute Gasteiger partial charge is 0.259 e. The minimum absolute atomic E-state index is 0.0509. The van der Waals surface area contributed by atoms with Crippen LogP contribution < -0.4 is 5.73 Å². The number of rotatable bonds is 1. The van der Waals surface area contributed by atoms with Crippen molar-refractivity contribution >= 4 is 11.7 Å². The Labute approximate surface area is 87.9 Å². The molecule has 0 bridgehead atoms. The fourth-order valence-electron chi connectivity index (χ4n) is 1.59. The first-order valence-corrected chi connectivity index (χ1v) is 4.92. The Morgan fingerprint density at radius 3 is 3.00 bits per heavy atom. The molecule has 5 heteroatoms. The van der Waals surface area contributed by atoms with E-state index in [2.05, 4.69) is 23.2 Å². The summed E-state index contributed by atoms with van der Waals surface area (Å²) in [5.74, 6) is 0.288. The highest BCUT2D eigenvalue weighted by Gasteiger charge is 2.20. The third kappa shape index (κ3) is 1.86. The predicted octanol–water partition coefficient (Wildman–Crippen LogP) is 0.784. The summed E-state index contributed by atoms with van der Waals surface area (Å²) in [6.07, 6.45) is 4.48. The first-order valence-electron chi connectivity index (χ1n) is 4.92. The van der Waals surface area contributed by atoms with Crippen molar-refractivity contribution in [3.8, 4) is 0 Å². The van der Waals surface area contributed by atoms with E-state index in [-0.39, 0.29) is 5.91 Å². The van der Waals surface area contributed by atoms with Gasteiger partial charge in [-0.15, -0.1) is 0 Å². The number of nitrogen functional groups attached to an aromatic ring is 1. The summed E-state index contributed by atoms with van der Waals surface area (Å²) in [6, 6.07) is 0. The van der Waals surface area contributed by atoms with Gasteiger partial charge < -0.3 is 10.6 Å². The minimum atomic E-state index is -0.0509. The lowest BCUT2D eigenvalue weighted by molar-refractivity contribution is 0.0770. The monoisotopic (exact) mass is 206 g/mol. The molecular formula is C10H14N4O. The molecule has 0 saturated carbocycles. The molecule has 0 spiro atoms. The van der Waals surface area contributed by atoms with Crippen LogP contribution in [-0.4, -0.2) is 34.1 Å². The molecule has 1 amide bonds. The van der Waals surface area contributed by atoms with Gasteiger partial charge in [0.15, 0.2) is 0 Å². The number of nitrogens with zero attached hydrogens (tertiary/aromatic N) is 2. The van der Waals surface area contributed by atoms with Crippen molar-refractivity contribution in [1.29, 1.82) is 0 Å². The van der Waals surface area contributed by atoms with E-state index in [1.807, 2.05) is 0 Å². The minimum Gasteiger partial charge on any atom is -0.383 e. The van der Waals surface area contributed by atoms with Crippen LogP contribution in [0.2, 0.25) is 0 Å². The number of anilines is 1. The maximum absolute atomic E-state index is 11.9. The molecule has 0 atom stereocenters. The lowest BCUT2D eigenvalue weighted by Crippen LogP contribution is -2.34. The standard InChI is InChI=1S/C10H14N4O/c1-7-2-4-14(5-3-7)10(15)8-6-12-13-9(8)11/h2,6H,3-5H2,1H3,(H3,11,12,13). The molecule has 5 nitrogen and oxygen atoms in total. The van der Waals surface area contributed by atoms with Crippen molar-refractivity contribution in [2.24, 2.45) is 0 Å². The molecule has 1 aliphatic heterocycles. The summed E-state index contributed by atoms with van der Waals surface area (Å²) in [4.78, 5) is 13.7. The quantitative estimate of drug-likeness (QED) is 0.667. The Morgan fingerprint density at radius 1 is 1.67 bits per heavy atom. The fraction of sp³-hybridized carbons (Fsp3) is 0.400. The van der Waals surface area contributed by atoms with E-state index in [4.69, 9.17) is 5.73 Å². The van der Waals surface area contributed by atoms with Crippen LogP contribution in [0, 0.1) is 0 Å². The summed E-state index contributed by atoms with van der Waals surface area (Å²) < 4.78 is 0.